The lowest BCUT2D eigenvalue weighted by atomic mass is 9.93. The second kappa shape index (κ2) is 9.62. The highest BCUT2D eigenvalue weighted by Gasteiger charge is 2.30. The molecule has 1 saturated heterocycles. The first kappa shape index (κ1) is 22.5. The molecule has 0 radical (unpaired) electrons. The van der Waals surface area contributed by atoms with Crippen molar-refractivity contribution in [3.05, 3.63) is 54.1 Å². The summed E-state index contributed by atoms with van der Waals surface area (Å²) in [6.45, 7) is 4.36. The molecule has 5 nitrogen and oxygen atoms in total. The molecule has 1 aliphatic heterocycles. The number of aromatic nitrogens is 2. The van der Waals surface area contributed by atoms with Crippen molar-refractivity contribution in [2.45, 2.75) is 32.1 Å². The molecule has 0 bridgehead atoms. The zero-order chi connectivity index (χ0) is 19.4. The zero-order valence-electron chi connectivity index (χ0n) is 15.9. The van der Waals surface area contributed by atoms with Crippen molar-refractivity contribution in [2.75, 3.05) is 20.1 Å². The molecule has 9 heteroatoms. The number of likely N-dealkylation sites (tertiary alicyclic amines) is 1. The van der Waals surface area contributed by atoms with E-state index in [9.17, 15) is 13.2 Å². The van der Waals surface area contributed by atoms with Gasteiger partial charge in [-0.3, -0.25) is 4.99 Å². The molecule has 0 amide bonds. The fourth-order valence-electron chi connectivity index (χ4n) is 3.42. The lowest BCUT2D eigenvalue weighted by Gasteiger charge is -2.39. The van der Waals surface area contributed by atoms with Crippen molar-refractivity contribution in [1.82, 2.24) is 19.8 Å². The lowest BCUT2D eigenvalue weighted by molar-refractivity contribution is -0.137. The SMILES string of the molecule is CN=C(NCc1ccc(C(F)(F)F)cc1)N1CCC(C)C(n2ccnc2)C1.I. The van der Waals surface area contributed by atoms with E-state index in [1.807, 2.05) is 12.5 Å². The number of rotatable bonds is 3. The lowest BCUT2D eigenvalue weighted by Crippen LogP contribution is -2.48. The zero-order valence-corrected chi connectivity index (χ0v) is 18.2. The number of hydrogen-bond donors (Lipinski definition) is 1. The maximum absolute atomic E-state index is 12.7. The van der Waals surface area contributed by atoms with E-state index in [0.717, 1.165) is 43.2 Å². The second-order valence-electron chi connectivity index (χ2n) is 6.88. The molecule has 0 saturated carbocycles. The summed E-state index contributed by atoms with van der Waals surface area (Å²) in [7, 11) is 1.72. The van der Waals surface area contributed by atoms with Gasteiger partial charge in [-0.25, -0.2) is 4.98 Å². The van der Waals surface area contributed by atoms with Crippen LogP contribution in [-0.2, 0) is 12.7 Å². The smallest absolute Gasteiger partial charge is 0.352 e. The fourth-order valence-corrected chi connectivity index (χ4v) is 3.42. The number of alkyl halides is 3. The van der Waals surface area contributed by atoms with Gasteiger partial charge in [0.15, 0.2) is 5.96 Å². The minimum atomic E-state index is -4.31. The number of hydrogen-bond acceptors (Lipinski definition) is 2. The predicted molar refractivity (Wildman–Crippen MR) is 114 cm³/mol. The van der Waals surface area contributed by atoms with Crippen LogP contribution in [0.2, 0.25) is 0 Å². The minimum absolute atomic E-state index is 0. The molecule has 1 aromatic carbocycles. The van der Waals surface area contributed by atoms with Gasteiger partial charge in [0.25, 0.3) is 0 Å². The molecule has 0 aliphatic carbocycles. The van der Waals surface area contributed by atoms with Crippen LogP contribution in [0, 0.1) is 5.92 Å². The molecule has 2 heterocycles. The summed E-state index contributed by atoms with van der Waals surface area (Å²) in [6.07, 6.45) is 2.31. The Morgan fingerprint density at radius 2 is 2.00 bits per heavy atom. The highest BCUT2D eigenvalue weighted by Crippen LogP contribution is 2.29. The molecule has 3 rings (SSSR count). The van der Waals surface area contributed by atoms with Crippen molar-refractivity contribution in [1.29, 1.82) is 0 Å². The monoisotopic (exact) mass is 507 g/mol. The van der Waals surface area contributed by atoms with E-state index in [4.69, 9.17) is 0 Å². The Morgan fingerprint density at radius 3 is 2.57 bits per heavy atom. The molecule has 2 unspecified atom stereocenters. The Labute approximate surface area is 180 Å². The van der Waals surface area contributed by atoms with Crippen LogP contribution >= 0.6 is 24.0 Å². The molecule has 1 aliphatic rings. The Balaban J connectivity index is 0.00000280. The normalized spacial score (nSPS) is 20.6. The van der Waals surface area contributed by atoms with Crippen LogP contribution in [0.15, 0.2) is 48.0 Å². The molecule has 1 N–H and O–H groups in total. The first-order valence-electron chi connectivity index (χ1n) is 8.97. The summed E-state index contributed by atoms with van der Waals surface area (Å²) >= 11 is 0. The minimum Gasteiger partial charge on any atom is -0.352 e. The Bertz CT molecular complexity index is 759. The number of guanidine groups is 1. The number of nitrogens with one attached hydrogen (secondary N) is 1. The van der Waals surface area contributed by atoms with E-state index in [1.165, 1.54) is 12.1 Å². The average Bonchev–Trinajstić information content (AvgIpc) is 3.17. The molecule has 2 aromatic rings. The summed E-state index contributed by atoms with van der Waals surface area (Å²) in [5.74, 6) is 1.29. The van der Waals surface area contributed by atoms with Gasteiger partial charge in [0.1, 0.15) is 0 Å². The Kier molecular flexibility index (Phi) is 7.73. The second-order valence-corrected chi connectivity index (χ2v) is 6.88. The standard InChI is InChI=1S/C19H24F3N5.HI/c1-14-7-9-26(12-17(14)27-10-8-24-13-27)18(23-2)25-11-15-3-5-16(6-4-15)19(20,21)22;/h3-6,8,10,13-14,17H,7,9,11-12H2,1-2H3,(H,23,25);1H. The third-order valence-electron chi connectivity index (χ3n) is 5.07. The van der Waals surface area contributed by atoms with E-state index in [-0.39, 0.29) is 24.0 Å². The summed E-state index contributed by atoms with van der Waals surface area (Å²) in [4.78, 5) is 10.7. The first-order valence-corrected chi connectivity index (χ1v) is 8.97. The van der Waals surface area contributed by atoms with Gasteiger partial charge in [0.2, 0.25) is 0 Å². The molecule has 154 valence electrons. The third kappa shape index (κ3) is 5.39. The van der Waals surface area contributed by atoms with Crippen LogP contribution in [0.25, 0.3) is 0 Å². The van der Waals surface area contributed by atoms with Gasteiger partial charge in [-0.05, 0) is 30.0 Å². The van der Waals surface area contributed by atoms with Crippen molar-refractivity contribution in [2.24, 2.45) is 10.9 Å². The molecule has 1 fully saturated rings. The van der Waals surface area contributed by atoms with Crippen LogP contribution in [0.1, 0.15) is 30.5 Å². The van der Waals surface area contributed by atoms with Gasteiger partial charge in [0.05, 0.1) is 17.9 Å². The fraction of sp³-hybridized carbons (Fsp3) is 0.474. The van der Waals surface area contributed by atoms with E-state index in [0.29, 0.717) is 18.5 Å². The maximum Gasteiger partial charge on any atom is 0.416 e. The Hall–Kier alpha value is -1.78. The van der Waals surface area contributed by atoms with E-state index < -0.39 is 11.7 Å². The van der Waals surface area contributed by atoms with Crippen molar-refractivity contribution in [3.63, 3.8) is 0 Å². The predicted octanol–water partition coefficient (Wildman–Crippen LogP) is 4.18. The largest absolute Gasteiger partial charge is 0.416 e. The number of nitrogens with zero attached hydrogens (tertiary/aromatic N) is 4. The number of halogens is 4. The Morgan fingerprint density at radius 1 is 1.29 bits per heavy atom. The van der Waals surface area contributed by atoms with Crippen LogP contribution < -0.4 is 5.32 Å². The highest BCUT2D eigenvalue weighted by atomic mass is 127. The van der Waals surface area contributed by atoms with Crippen molar-refractivity contribution < 1.29 is 13.2 Å². The topological polar surface area (TPSA) is 45.5 Å². The van der Waals surface area contributed by atoms with Gasteiger partial charge in [-0.15, -0.1) is 24.0 Å². The van der Waals surface area contributed by atoms with E-state index >= 15 is 0 Å². The van der Waals surface area contributed by atoms with Gasteiger partial charge in [-0.2, -0.15) is 13.2 Å². The van der Waals surface area contributed by atoms with Crippen LogP contribution in [-0.4, -0.2) is 40.5 Å². The number of imidazole rings is 1. The van der Waals surface area contributed by atoms with E-state index in [2.05, 4.69) is 31.7 Å². The highest BCUT2D eigenvalue weighted by molar-refractivity contribution is 14.0. The van der Waals surface area contributed by atoms with Crippen LogP contribution in [0.4, 0.5) is 13.2 Å². The van der Waals surface area contributed by atoms with Crippen LogP contribution in [0.5, 0.6) is 0 Å². The number of benzene rings is 1. The molecule has 2 atom stereocenters. The van der Waals surface area contributed by atoms with Crippen molar-refractivity contribution >= 4 is 29.9 Å². The molecule has 28 heavy (non-hydrogen) atoms. The first-order chi connectivity index (χ1) is 12.9. The van der Waals surface area contributed by atoms with Gasteiger partial charge in [-0.1, -0.05) is 19.1 Å². The molecule has 0 spiro atoms. The van der Waals surface area contributed by atoms with E-state index in [1.54, 1.807) is 13.2 Å². The third-order valence-corrected chi connectivity index (χ3v) is 5.07. The van der Waals surface area contributed by atoms with Gasteiger partial charge in [0, 0.05) is 39.1 Å². The van der Waals surface area contributed by atoms with Gasteiger partial charge < -0.3 is 14.8 Å². The number of aliphatic imine (C=N–C) groups is 1. The maximum atomic E-state index is 12.7. The summed E-state index contributed by atoms with van der Waals surface area (Å²) in [5, 5.41) is 3.26. The molecule has 1 aromatic heterocycles. The average molecular weight is 507 g/mol. The quantitative estimate of drug-likeness (QED) is 0.386. The number of piperidine rings is 1. The van der Waals surface area contributed by atoms with Crippen molar-refractivity contribution in [3.8, 4) is 0 Å². The molecular weight excluding hydrogens is 482 g/mol. The molecular formula is C19H25F3IN5. The summed E-state index contributed by atoms with van der Waals surface area (Å²) in [5.41, 5.74) is 0.143. The summed E-state index contributed by atoms with van der Waals surface area (Å²) in [6, 6.07) is 5.52. The summed E-state index contributed by atoms with van der Waals surface area (Å²) < 4.78 is 40.1. The van der Waals surface area contributed by atoms with Crippen LogP contribution in [0.3, 0.4) is 0 Å². The van der Waals surface area contributed by atoms with Gasteiger partial charge >= 0.3 is 6.18 Å².